The van der Waals surface area contributed by atoms with Crippen LogP contribution in [0.25, 0.3) is 0 Å². The van der Waals surface area contributed by atoms with E-state index in [4.69, 9.17) is 16.7 Å². The highest BCUT2D eigenvalue weighted by atomic mass is 16.4. The van der Waals surface area contributed by atoms with Crippen molar-refractivity contribution < 1.29 is 9.90 Å². The molecule has 0 bridgehead atoms. The quantitative estimate of drug-likeness (QED) is 0.406. The first kappa shape index (κ1) is 15.7. The average molecular weight is 271 g/mol. The Morgan fingerprint density at radius 2 is 2.00 bits per heavy atom. The summed E-state index contributed by atoms with van der Waals surface area (Å²) in [5.41, 5.74) is 6.65. The first-order valence-corrected chi connectivity index (χ1v) is 6.57. The van der Waals surface area contributed by atoms with Crippen LogP contribution in [0.5, 0.6) is 0 Å². The fourth-order valence-corrected chi connectivity index (χ4v) is 2.00. The zero-order valence-corrected chi connectivity index (χ0v) is 11.6. The summed E-state index contributed by atoms with van der Waals surface area (Å²) in [6.45, 7) is 5.33. The number of nitrogens with two attached hydrogens (primary N) is 2. The van der Waals surface area contributed by atoms with Crippen molar-refractivity contribution in [2.45, 2.75) is 12.8 Å². The van der Waals surface area contributed by atoms with Crippen molar-refractivity contribution >= 4 is 5.97 Å². The first-order valence-electron chi connectivity index (χ1n) is 6.57. The van der Waals surface area contributed by atoms with Crippen LogP contribution in [-0.2, 0) is 4.79 Å². The van der Waals surface area contributed by atoms with E-state index in [-0.39, 0.29) is 6.42 Å². The summed E-state index contributed by atoms with van der Waals surface area (Å²) in [5, 5.41) is 10.0. The van der Waals surface area contributed by atoms with Crippen molar-refractivity contribution in [3.8, 4) is 0 Å². The number of carboxylic acids is 1. The van der Waals surface area contributed by atoms with E-state index in [1.165, 1.54) is 5.01 Å². The van der Waals surface area contributed by atoms with Gasteiger partial charge in [0.1, 0.15) is 0 Å². The Kier molecular flexibility index (Phi) is 6.61. The van der Waals surface area contributed by atoms with E-state index in [1.807, 2.05) is 0 Å². The molecule has 0 aromatic carbocycles. The Hall–Kier alpha value is -1.31. The highest BCUT2D eigenvalue weighted by Gasteiger charge is 2.13. The molecule has 1 fully saturated rings. The molecule has 1 aliphatic rings. The van der Waals surface area contributed by atoms with Crippen molar-refractivity contribution in [2.75, 3.05) is 46.3 Å². The summed E-state index contributed by atoms with van der Waals surface area (Å²) in [7, 11) is 2.11. The minimum Gasteiger partial charge on any atom is -0.481 e. The fraction of sp³-hybridized carbons (Fsp3) is 0.750. The number of rotatable bonds is 7. The molecule has 19 heavy (non-hydrogen) atoms. The van der Waals surface area contributed by atoms with Crippen LogP contribution in [0.3, 0.4) is 0 Å². The summed E-state index contributed by atoms with van der Waals surface area (Å²) in [6.07, 6.45) is 2.34. The maximum atomic E-state index is 10.4. The lowest BCUT2D eigenvalue weighted by Crippen LogP contribution is -2.45. The van der Waals surface area contributed by atoms with E-state index in [0.29, 0.717) is 25.2 Å². The summed E-state index contributed by atoms with van der Waals surface area (Å²) < 4.78 is 0. The van der Waals surface area contributed by atoms with Gasteiger partial charge in [0.2, 0.25) is 0 Å². The zero-order chi connectivity index (χ0) is 14.3. The highest BCUT2D eigenvalue weighted by molar-refractivity contribution is 5.66. The molecule has 1 saturated heterocycles. The number of carboxylic acid groups (broad SMARTS) is 1. The SMILES string of the molecule is CN1CCN(C/C(N)=C/N(N)CCCC(=O)O)CC1. The standard InChI is InChI=1S/C12H25N5O2/c1-15-5-7-16(8-6-15)9-11(13)10-17(14)4-2-3-12(18)19/h10H,2-9,13-14H2,1H3,(H,18,19)/b11-10-. The van der Waals surface area contributed by atoms with E-state index >= 15 is 0 Å². The summed E-state index contributed by atoms with van der Waals surface area (Å²) in [5.74, 6) is 4.94. The van der Waals surface area contributed by atoms with Gasteiger partial charge in [0, 0.05) is 57.6 Å². The maximum absolute atomic E-state index is 10.4. The molecule has 0 aromatic rings. The number of likely N-dealkylation sites (N-methyl/N-ethyl adjacent to an activating group) is 1. The van der Waals surface area contributed by atoms with Gasteiger partial charge in [-0.15, -0.1) is 0 Å². The molecule has 1 heterocycles. The Bertz CT molecular complexity index is 313. The molecule has 0 saturated carbocycles. The maximum Gasteiger partial charge on any atom is 0.303 e. The van der Waals surface area contributed by atoms with E-state index in [9.17, 15) is 4.79 Å². The third-order valence-corrected chi connectivity index (χ3v) is 3.14. The topological polar surface area (TPSA) is 99.1 Å². The third-order valence-electron chi connectivity index (χ3n) is 3.14. The summed E-state index contributed by atoms with van der Waals surface area (Å²) in [6, 6.07) is 0. The molecule has 0 aromatic heterocycles. The predicted molar refractivity (Wildman–Crippen MR) is 74.0 cm³/mol. The molecular formula is C12H25N5O2. The lowest BCUT2D eigenvalue weighted by Gasteiger charge is -2.32. The number of hydrogen-bond donors (Lipinski definition) is 3. The second-order valence-corrected chi connectivity index (χ2v) is 5.02. The lowest BCUT2D eigenvalue weighted by atomic mass is 10.3. The van der Waals surface area contributed by atoms with E-state index in [0.717, 1.165) is 26.2 Å². The number of hydrogen-bond acceptors (Lipinski definition) is 6. The smallest absolute Gasteiger partial charge is 0.303 e. The van der Waals surface area contributed by atoms with Crippen LogP contribution in [0.2, 0.25) is 0 Å². The molecule has 0 radical (unpaired) electrons. The van der Waals surface area contributed by atoms with Gasteiger partial charge in [-0.2, -0.15) is 0 Å². The van der Waals surface area contributed by atoms with Crippen LogP contribution in [0.1, 0.15) is 12.8 Å². The minimum atomic E-state index is -0.803. The van der Waals surface area contributed by atoms with Crippen molar-refractivity contribution in [3.05, 3.63) is 11.9 Å². The number of piperazine rings is 1. The Morgan fingerprint density at radius 3 is 2.58 bits per heavy atom. The number of aliphatic carboxylic acids is 1. The van der Waals surface area contributed by atoms with Crippen molar-refractivity contribution in [2.24, 2.45) is 11.6 Å². The molecule has 7 heteroatoms. The second kappa shape index (κ2) is 7.98. The van der Waals surface area contributed by atoms with Crippen LogP contribution < -0.4 is 11.6 Å². The molecule has 7 nitrogen and oxygen atoms in total. The third kappa shape index (κ3) is 7.00. The van der Waals surface area contributed by atoms with Crippen LogP contribution in [0.4, 0.5) is 0 Å². The molecule has 110 valence electrons. The highest BCUT2D eigenvalue weighted by Crippen LogP contribution is 2.01. The normalized spacial score (nSPS) is 18.5. The van der Waals surface area contributed by atoms with Gasteiger partial charge in [-0.05, 0) is 13.5 Å². The van der Waals surface area contributed by atoms with Crippen LogP contribution >= 0.6 is 0 Å². The summed E-state index contributed by atoms with van der Waals surface area (Å²) >= 11 is 0. The van der Waals surface area contributed by atoms with E-state index < -0.39 is 5.97 Å². The largest absolute Gasteiger partial charge is 0.481 e. The number of hydrazine groups is 1. The molecular weight excluding hydrogens is 246 g/mol. The Balaban J connectivity index is 2.25. The predicted octanol–water partition coefficient (Wildman–Crippen LogP) is -0.926. The fourth-order valence-electron chi connectivity index (χ4n) is 2.00. The Labute approximate surface area is 114 Å². The molecule has 0 aliphatic carbocycles. The molecule has 5 N–H and O–H groups in total. The van der Waals surface area contributed by atoms with E-state index in [1.54, 1.807) is 6.20 Å². The van der Waals surface area contributed by atoms with E-state index in [2.05, 4.69) is 16.8 Å². The van der Waals surface area contributed by atoms with Gasteiger partial charge in [-0.1, -0.05) is 0 Å². The van der Waals surface area contributed by atoms with Gasteiger partial charge in [0.05, 0.1) is 0 Å². The molecule has 0 amide bonds. The molecule has 0 unspecified atom stereocenters. The number of nitrogens with zero attached hydrogens (tertiary/aromatic N) is 3. The van der Waals surface area contributed by atoms with Crippen molar-refractivity contribution in [3.63, 3.8) is 0 Å². The first-order chi connectivity index (χ1) is 8.97. The summed E-state index contributed by atoms with van der Waals surface area (Å²) in [4.78, 5) is 15.0. The molecule has 0 atom stereocenters. The number of carbonyl (C=O) groups is 1. The van der Waals surface area contributed by atoms with Crippen molar-refractivity contribution in [1.29, 1.82) is 0 Å². The van der Waals surface area contributed by atoms with Crippen molar-refractivity contribution in [1.82, 2.24) is 14.8 Å². The van der Waals surface area contributed by atoms with Gasteiger partial charge in [-0.3, -0.25) is 9.69 Å². The average Bonchev–Trinajstić information content (AvgIpc) is 2.31. The minimum absolute atomic E-state index is 0.125. The second-order valence-electron chi connectivity index (χ2n) is 5.02. The molecule has 0 spiro atoms. The molecule has 1 aliphatic heterocycles. The lowest BCUT2D eigenvalue weighted by molar-refractivity contribution is -0.137. The van der Waals surface area contributed by atoms with Gasteiger partial charge >= 0.3 is 5.97 Å². The molecule has 1 rings (SSSR count). The zero-order valence-electron chi connectivity index (χ0n) is 11.6. The monoisotopic (exact) mass is 271 g/mol. The van der Waals surface area contributed by atoms with Crippen LogP contribution in [0, 0.1) is 0 Å². The van der Waals surface area contributed by atoms with Gasteiger partial charge in [-0.25, -0.2) is 5.84 Å². The van der Waals surface area contributed by atoms with Gasteiger partial charge in [0.25, 0.3) is 0 Å². The van der Waals surface area contributed by atoms with Crippen LogP contribution in [-0.4, -0.2) is 72.2 Å². The van der Waals surface area contributed by atoms with Gasteiger partial charge < -0.3 is 20.7 Å². The van der Waals surface area contributed by atoms with Gasteiger partial charge in [0.15, 0.2) is 0 Å². The van der Waals surface area contributed by atoms with Crippen LogP contribution in [0.15, 0.2) is 11.9 Å². The Morgan fingerprint density at radius 1 is 1.37 bits per heavy atom.